The molecule has 6 nitrogen and oxygen atoms in total. The molecular weight excluding hydrogens is 320 g/mol. The first kappa shape index (κ1) is 17.0. The average molecular weight is 340 g/mol. The first-order chi connectivity index (χ1) is 12.2. The van der Waals surface area contributed by atoms with Crippen molar-refractivity contribution >= 4 is 17.0 Å². The number of esters is 1. The fraction of sp³-hybridized carbons (Fsp3) is 0.263. The van der Waals surface area contributed by atoms with E-state index >= 15 is 0 Å². The van der Waals surface area contributed by atoms with Crippen molar-refractivity contribution in [3.05, 3.63) is 60.4 Å². The van der Waals surface area contributed by atoms with Crippen molar-refractivity contribution in [3.8, 4) is 5.75 Å². The van der Waals surface area contributed by atoms with Gasteiger partial charge in [0.25, 0.3) is 0 Å². The summed E-state index contributed by atoms with van der Waals surface area (Å²) < 4.78 is 12.4. The lowest BCUT2D eigenvalue weighted by Gasteiger charge is -2.14. The van der Waals surface area contributed by atoms with E-state index in [0.717, 1.165) is 11.0 Å². The van der Waals surface area contributed by atoms with Crippen LogP contribution in [0.1, 0.15) is 17.3 Å². The third kappa shape index (κ3) is 4.16. The van der Waals surface area contributed by atoms with Gasteiger partial charge in [-0.05, 0) is 43.3 Å². The summed E-state index contributed by atoms with van der Waals surface area (Å²) in [5.74, 6) is 0.226. The zero-order chi connectivity index (χ0) is 17.6. The lowest BCUT2D eigenvalue weighted by Crippen LogP contribution is -2.23. The number of nitrogens with zero attached hydrogens (tertiary/aromatic N) is 2. The van der Waals surface area contributed by atoms with E-state index in [-0.39, 0.29) is 12.6 Å². The molecule has 130 valence electrons. The zero-order valence-corrected chi connectivity index (χ0v) is 14.0. The summed E-state index contributed by atoms with van der Waals surface area (Å²) in [6.07, 6.45) is 1.03. The Morgan fingerprint density at radius 1 is 1.20 bits per heavy atom. The van der Waals surface area contributed by atoms with Crippen LogP contribution in [0.5, 0.6) is 5.75 Å². The van der Waals surface area contributed by atoms with Gasteiger partial charge in [0, 0.05) is 0 Å². The van der Waals surface area contributed by atoms with Crippen LogP contribution in [0.15, 0.2) is 54.9 Å². The molecular formula is C19H20N2O4. The maximum atomic E-state index is 11.6. The molecule has 1 N–H and O–H groups in total. The molecule has 1 heterocycles. The Labute approximate surface area is 145 Å². The molecule has 0 bridgehead atoms. The van der Waals surface area contributed by atoms with Crippen LogP contribution in [0.25, 0.3) is 11.0 Å². The molecule has 0 spiro atoms. The van der Waals surface area contributed by atoms with Crippen molar-refractivity contribution in [2.24, 2.45) is 0 Å². The Morgan fingerprint density at radius 3 is 2.72 bits per heavy atom. The SMILES string of the molecule is CCOC(=O)c1ccc(OC[C@@H](O)Cn2cnc3ccccc32)cc1. The molecule has 1 aromatic heterocycles. The predicted molar refractivity (Wildman–Crippen MR) is 93.6 cm³/mol. The molecule has 0 saturated heterocycles. The first-order valence-corrected chi connectivity index (χ1v) is 8.15. The number of hydrogen-bond donors (Lipinski definition) is 1. The number of carbonyl (C=O) groups is 1. The molecule has 0 aliphatic heterocycles. The summed E-state index contributed by atoms with van der Waals surface area (Å²) in [6, 6.07) is 14.4. The number of ether oxygens (including phenoxy) is 2. The standard InChI is InChI=1S/C19H20N2O4/c1-2-24-19(23)14-7-9-16(10-8-14)25-12-15(22)11-21-13-20-17-5-3-4-6-18(17)21/h3-10,13,15,22H,2,11-12H2,1H3/t15-/m0/s1. The van der Waals surface area contributed by atoms with E-state index in [0.29, 0.717) is 24.5 Å². The molecule has 1 atom stereocenters. The molecule has 0 aliphatic carbocycles. The highest BCUT2D eigenvalue weighted by atomic mass is 16.5. The molecule has 2 aromatic carbocycles. The largest absolute Gasteiger partial charge is 0.491 e. The first-order valence-electron chi connectivity index (χ1n) is 8.15. The Kier molecular flexibility index (Phi) is 5.30. The van der Waals surface area contributed by atoms with Crippen molar-refractivity contribution < 1.29 is 19.4 Å². The zero-order valence-electron chi connectivity index (χ0n) is 14.0. The van der Waals surface area contributed by atoms with E-state index in [1.54, 1.807) is 37.5 Å². The van der Waals surface area contributed by atoms with E-state index in [9.17, 15) is 9.90 Å². The quantitative estimate of drug-likeness (QED) is 0.669. The summed E-state index contributed by atoms with van der Waals surface area (Å²) in [5, 5.41) is 10.2. The van der Waals surface area contributed by atoms with Crippen molar-refractivity contribution in [1.29, 1.82) is 0 Å². The Hall–Kier alpha value is -2.86. The second-order valence-corrected chi connectivity index (χ2v) is 5.60. The molecule has 0 aliphatic rings. The minimum atomic E-state index is -0.678. The number of carbonyl (C=O) groups excluding carboxylic acids is 1. The number of aromatic nitrogens is 2. The number of aliphatic hydroxyl groups is 1. The minimum absolute atomic E-state index is 0.144. The molecule has 0 saturated carbocycles. The van der Waals surface area contributed by atoms with Gasteiger partial charge in [0.2, 0.25) is 0 Å². The second-order valence-electron chi connectivity index (χ2n) is 5.60. The number of fused-ring (bicyclic) bond motifs is 1. The number of rotatable bonds is 7. The van der Waals surface area contributed by atoms with Crippen LogP contribution in [0.2, 0.25) is 0 Å². The maximum absolute atomic E-state index is 11.6. The molecule has 0 fully saturated rings. The summed E-state index contributed by atoms with van der Waals surface area (Å²) in [4.78, 5) is 15.9. The lowest BCUT2D eigenvalue weighted by atomic mass is 10.2. The monoisotopic (exact) mass is 340 g/mol. The predicted octanol–water partition coefficient (Wildman–Crippen LogP) is 2.65. The Bertz CT molecular complexity index is 842. The van der Waals surface area contributed by atoms with Crippen molar-refractivity contribution in [2.75, 3.05) is 13.2 Å². The number of hydrogen-bond acceptors (Lipinski definition) is 5. The van der Waals surface area contributed by atoms with Crippen molar-refractivity contribution in [1.82, 2.24) is 9.55 Å². The van der Waals surface area contributed by atoms with Gasteiger partial charge in [-0.25, -0.2) is 9.78 Å². The van der Waals surface area contributed by atoms with E-state index in [1.807, 2.05) is 28.8 Å². The van der Waals surface area contributed by atoms with Gasteiger partial charge in [-0.3, -0.25) is 0 Å². The van der Waals surface area contributed by atoms with Crippen LogP contribution in [-0.4, -0.2) is 39.9 Å². The number of aliphatic hydroxyl groups excluding tert-OH is 1. The molecule has 0 amide bonds. The molecule has 25 heavy (non-hydrogen) atoms. The van der Waals surface area contributed by atoms with Crippen molar-refractivity contribution in [3.63, 3.8) is 0 Å². The summed E-state index contributed by atoms with van der Waals surface area (Å²) in [7, 11) is 0. The van der Waals surface area contributed by atoms with Gasteiger partial charge in [0.05, 0.1) is 36.1 Å². The van der Waals surface area contributed by atoms with Gasteiger partial charge in [-0.15, -0.1) is 0 Å². The smallest absolute Gasteiger partial charge is 0.338 e. The van der Waals surface area contributed by atoms with Crippen LogP contribution in [0, 0.1) is 0 Å². The second kappa shape index (κ2) is 7.81. The normalized spacial score (nSPS) is 12.1. The highest BCUT2D eigenvalue weighted by molar-refractivity contribution is 5.89. The van der Waals surface area contributed by atoms with Crippen LogP contribution >= 0.6 is 0 Å². The highest BCUT2D eigenvalue weighted by Crippen LogP contribution is 2.15. The summed E-state index contributed by atoms with van der Waals surface area (Å²) >= 11 is 0. The van der Waals surface area contributed by atoms with E-state index in [1.165, 1.54) is 0 Å². The van der Waals surface area contributed by atoms with Gasteiger partial charge in [-0.2, -0.15) is 0 Å². The van der Waals surface area contributed by atoms with Crippen LogP contribution in [0.4, 0.5) is 0 Å². The third-order valence-corrected chi connectivity index (χ3v) is 3.74. The average Bonchev–Trinajstić information content (AvgIpc) is 3.04. The number of benzene rings is 2. The van der Waals surface area contributed by atoms with Crippen molar-refractivity contribution in [2.45, 2.75) is 19.6 Å². The fourth-order valence-electron chi connectivity index (χ4n) is 2.53. The summed E-state index contributed by atoms with van der Waals surface area (Å²) in [6.45, 7) is 2.64. The van der Waals surface area contributed by atoms with Gasteiger partial charge in [0.15, 0.2) is 0 Å². The number of imidazole rings is 1. The fourth-order valence-corrected chi connectivity index (χ4v) is 2.53. The van der Waals surface area contributed by atoms with Crippen LogP contribution in [0.3, 0.4) is 0 Å². The molecule has 6 heteroatoms. The highest BCUT2D eigenvalue weighted by Gasteiger charge is 2.10. The third-order valence-electron chi connectivity index (χ3n) is 3.74. The van der Waals surface area contributed by atoms with Gasteiger partial charge >= 0.3 is 5.97 Å². The van der Waals surface area contributed by atoms with Crippen LogP contribution in [-0.2, 0) is 11.3 Å². The molecule has 0 unspecified atom stereocenters. The Balaban J connectivity index is 1.55. The van der Waals surface area contributed by atoms with Gasteiger partial charge in [-0.1, -0.05) is 12.1 Å². The maximum Gasteiger partial charge on any atom is 0.338 e. The molecule has 3 aromatic rings. The van der Waals surface area contributed by atoms with E-state index < -0.39 is 6.10 Å². The lowest BCUT2D eigenvalue weighted by molar-refractivity contribution is 0.0526. The Morgan fingerprint density at radius 2 is 1.96 bits per heavy atom. The van der Waals surface area contributed by atoms with Crippen LogP contribution < -0.4 is 4.74 Å². The number of para-hydroxylation sites is 2. The molecule has 0 radical (unpaired) electrons. The summed E-state index contributed by atoms with van der Waals surface area (Å²) in [5.41, 5.74) is 2.34. The molecule has 3 rings (SSSR count). The van der Waals surface area contributed by atoms with E-state index in [2.05, 4.69) is 4.98 Å². The van der Waals surface area contributed by atoms with Gasteiger partial charge in [0.1, 0.15) is 18.5 Å². The van der Waals surface area contributed by atoms with E-state index in [4.69, 9.17) is 9.47 Å². The minimum Gasteiger partial charge on any atom is -0.491 e. The topological polar surface area (TPSA) is 73.6 Å². The van der Waals surface area contributed by atoms with Gasteiger partial charge < -0.3 is 19.1 Å².